The van der Waals surface area contributed by atoms with Crippen LogP contribution < -0.4 is 5.32 Å². The van der Waals surface area contributed by atoms with E-state index in [4.69, 9.17) is 11.6 Å². The van der Waals surface area contributed by atoms with E-state index in [0.717, 1.165) is 11.1 Å². The van der Waals surface area contributed by atoms with Crippen molar-refractivity contribution in [2.45, 2.75) is 50.6 Å². The third kappa shape index (κ3) is 3.43. The number of nitrogens with zero attached hydrogens (tertiary/aromatic N) is 1. The minimum Gasteiger partial charge on any atom is -0.381 e. The quantitative estimate of drug-likeness (QED) is 0.893. The first-order valence-electron chi connectivity index (χ1n) is 7.57. The summed E-state index contributed by atoms with van der Waals surface area (Å²) in [7, 11) is 0. The molecule has 2 aliphatic rings. The molecule has 1 N–H and O–H groups in total. The van der Waals surface area contributed by atoms with Gasteiger partial charge < -0.3 is 5.32 Å². The van der Waals surface area contributed by atoms with Crippen LogP contribution in [-0.2, 0) is 0 Å². The zero-order valence-electron chi connectivity index (χ0n) is 11.4. The Balaban J connectivity index is 1.52. The predicted molar refractivity (Wildman–Crippen MR) is 81.9 cm³/mol. The van der Waals surface area contributed by atoms with E-state index in [-0.39, 0.29) is 0 Å². The summed E-state index contributed by atoms with van der Waals surface area (Å²) >= 11 is 5.92. The lowest BCUT2D eigenvalue weighted by molar-refractivity contribution is 0.190. The van der Waals surface area contributed by atoms with Gasteiger partial charge in [-0.1, -0.05) is 30.9 Å². The minimum atomic E-state index is 0.600. The number of hydrogen-bond donors (Lipinski definition) is 1. The third-order valence-corrected chi connectivity index (χ3v) is 4.78. The number of nitrogens with one attached hydrogen (secondary N) is 1. The van der Waals surface area contributed by atoms with Gasteiger partial charge in [0.1, 0.15) is 0 Å². The van der Waals surface area contributed by atoms with Crippen LogP contribution in [0.5, 0.6) is 0 Å². The van der Waals surface area contributed by atoms with Crippen molar-refractivity contribution in [1.29, 1.82) is 0 Å². The van der Waals surface area contributed by atoms with Crippen LogP contribution in [0.15, 0.2) is 24.3 Å². The van der Waals surface area contributed by atoms with E-state index < -0.39 is 0 Å². The fourth-order valence-corrected chi connectivity index (χ4v) is 3.59. The molecule has 0 bridgehead atoms. The molecule has 19 heavy (non-hydrogen) atoms. The average molecular weight is 279 g/mol. The molecule has 1 saturated carbocycles. The number of benzene rings is 1. The Morgan fingerprint density at radius 3 is 2.47 bits per heavy atom. The van der Waals surface area contributed by atoms with E-state index in [0.29, 0.717) is 6.04 Å². The molecule has 3 rings (SSSR count). The summed E-state index contributed by atoms with van der Waals surface area (Å²) in [6, 6.07) is 9.51. The molecule has 2 fully saturated rings. The molecule has 0 spiro atoms. The number of rotatable bonds is 3. The van der Waals surface area contributed by atoms with E-state index in [1.54, 1.807) is 0 Å². The zero-order valence-corrected chi connectivity index (χ0v) is 12.2. The average Bonchev–Trinajstić information content (AvgIpc) is 2.91. The fraction of sp³-hybridized carbons (Fsp3) is 0.625. The van der Waals surface area contributed by atoms with Crippen molar-refractivity contribution in [1.82, 2.24) is 4.90 Å². The van der Waals surface area contributed by atoms with Gasteiger partial charge in [-0.25, -0.2) is 0 Å². The molecule has 1 saturated heterocycles. The van der Waals surface area contributed by atoms with Gasteiger partial charge in [0.15, 0.2) is 0 Å². The Bertz CT molecular complexity index is 398. The smallest absolute Gasteiger partial charge is 0.0407 e. The largest absolute Gasteiger partial charge is 0.381 e. The van der Waals surface area contributed by atoms with E-state index in [2.05, 4.69) is 22.3 Å². The summed E-state index contributed by atoms with van der Waals surface area (Å²) in [5.41, 5.74) is 1.19. The zero-order chi connectivity index (χ0) is 13.1. The lowest BCUT2D eigenvalue weighted by Gasteiger charge is -2.31. The second-order valence-electron chi connectivity index (χ2n) is 5.92. The van der Waals surface area contributed by atoms with Crippen molar-refractivity contribution in [2.75, 3.05) is 18.4 Å². The van der Waals surface area contributed by atoms with Gasteiger partial charge in [0.05, 0.1) is 0 Å². The Hall–Kier alpha value is -0.730. The van der Waals surface area contributed by atoms with Gasteiger partial charge in [0.25, 0.3) is 0 Å². The molecule has 1 aromatic rings. The summed E-state index contributed by atoms with van der Waals surface area (Å²) < 4.78 is 0. The molecule has 1 heterocycles. The molecule has 104 valence electrons. The Morgan fingerprint density at radius 2 is 1.74 bits per heavy atom. The maximum atomic E-state index is 5.92. The molecule has 0 radical (unpaired) electrons. The number of likely N-dealkylation sites (tertiary alicyclic amines) is 1. The highest BCUT2D eigenvalue weighted by Gasteiger charge is 2.28. The maximum Gasteiger partial charge on any atom is 0.0407 e. The van der Waals surface area contributed by atoms with Crippen molar-refractivity contribution < 1.29 is 0 Å². The van der Waals surface area contributed by atoms with Gasteiger partial charge in [-0.15, -0.1) is 0 Å². The van der Waals surface area contributed by atoms with Crippen LogP contribution in [0.3, 0.4) is 0 Å². The highest BCUT2D eigenvalue weighted by Crippen LogP contribution is 2.26. The van der Waals surface area contributed by atoms with Crippen molar-refractivity contribution in [3.05, 3.63) is 29.3 Å². The van der Waals surface area contributed by atoms with Gasteiger partial charge >= 0.3 is 0 Å². The van der Waals surface area contributed by atoms with Gasteiger partial charge in [0, 0.05) is 35.9 Å². The highest BCUT2D eigenvalue weighted by molar-refractivity contribution is 6.30. The van der Waals surface area contributed by atoms with Crippen molar-refractivity contribution in [2.24, 2.45) is 0 Å². The van der Waals surface area contributed by atoms with E-state index in [1.807, 2.05) is 12.1 Å². The first kappa shape index (κ1) is 13.3. The number of anilines is 1. The molecule has 3 heteroatoms. The van der Waals surface area contributed by atoms with Crippen LogP contribution >= 0.6 is 11.6 Å². The standard InChI is InChI=1S/C16H23ClN2/c17-13-6-8-14(9-7-13)18-15-10-11-19(12-15)16-4-2-1-3-5-16/h6-9,15-16,18H,1-5,10-12H2. The second kappa shape index (κ2) is 6.15. The first-order valence-corrected chi connectivity index (χ1v) is 7.95. The topological polar surface area (TPSA) is 15.3 Å². The Morgan fingerprint density at radius 1 is 1.00 bits per heavy atom. The molecular formula is C16H23ClN2. The van der Waals surface area contributed by atoms with Crippen molar-refractivity contribution in [3.63, 3.8) is 0 Å². The summed E-state index contributed by atoms with van der Waals surface area (Å²) in [6.45, 7) is 2.46. The Labute approximate surface area is 121 Å². The predicted octanol–water partition coefficient (Wildman–Crippen LogP) is 4.16. The van der Waals surface area contributed by atoms with Gasteiger partial charge in [-0.05, 0) is 43.5 Å². The van der Waals surface area contributed by atoms with Crippen molar-refractivity contribution in [3.8, 4) is 0 Å². The molecule has 2 nitrogen and oxygen atoms in total. The Kier molecular flexibility index (Phi) is 4.29. The molecule has 0 aromatic heterocycles. The molecule has 0 amide bonds. The van der Waals surface area contributed by atoms with E-state index in [1.165, 1.54) is 57.3 Å². The molecule has 1 aliphatic heterocycles. The third-order valence-electron chi connectivity index (χ3n) is 4.53. The van der Waals surface area contributed by atoms with E-state index >= 15 is 0 Å². The molecule has 1 aromatic carbocycles. The van der Waals surface area contributed by atoms with Crippen LogP contribution in [0, 0.1) is 0 Å². The summed E-state index contributed by atoms with van der Waals surface area (Å²) in [6.07, 6.45) is 8.38. The van der Waals surface area contributed by atoms with Crippen LogP contribution in [0.1, 0.15) is 38.5 Å². The second-order valence-corrected chi connectivity index (χ2v) is 6.36. The van der Waals surface area contributed by atoms with Crippen molar-refractivity contribution >= 4 is 17.3 Å². The summed E-state index contributed by atoms with van der Waals surface area (Å²) in [5, 5.41) is 4.44. The normalized spacial score (nSPS) is 25.6. The van der Waals surface area contributed by atoms with Crippen LogP contribution in [0.25, 0.3) is 0 Å². The minimum absolute atomic E-state index is 0.600. The molecule has 1 atom stereocenters. The van der Waals surface area contributed by atoms with Crippen LogP contribution in [-0.4, -0.2) is 30.1 Å². The lowest BCUT2D eigenvalue weighted by atomic mass is 9.94. The van der Waals surface area contributed by atoms with E-state index in [9.17, 15) is 0 Å². The summed E-state index contributed by atoms with van der Waals surface area (Å²) in [5.74, 6) is 0. The van der Waals surface area contributed by atoms with Gasteiger partial charge in [0.2, 0.25) is 0 Å². The first-order chi connectivity index (χ1) is 9.31. The fourth-order valence-electron chi connectivity index (χ4n) is 3.46. The SMILES string of the molecule is Clc1ccc(NC2CCN(C3CCCCC3)C2)cc1. The maximum absolute atomic E-state index is 5.92. The van der Waals surface area contributed by atoms with Gasteiger partial charge in [-0.3, -0.25) is 4.90 Å². The van der Waals surface area contributed by atoms with Crippen LogP contribution in [0.2, 0.25) is 5.02 Å². The summed E-state index contributed by atoms with van der Waals surface area (Å²) in [4.78, 5) is 2.70. The molecule has 1 unspecified atom stereocenters. The molecular weight excluding hydrogens is 256 g/mol. The van der Waals surface area contributed by atoms with Gasteiger partial charge in [-0.2, -0.15) is 0 Å². The van der Waals surface area contributed by atoms with Crippen LogP contribution in [0.4, 0.5) is 5.69 Å². The number of halogens is 1. The lowest BCUT2D eigenvalue weighted by Crippen LogP contribution is -2.36. The highest BCUT2D eigenvalue weighted by atomic mass is 35.5. The monoisotopic (exact) mass is 278 g/mol. The molecule has 1 aliphatic carbocycles. The number of hydrogen-bond acceptors (Lipinski definition) is 2.